The summed E-state index contributed by atoms with van der Waals surface area (Å²) in [5, 5.41) is 12.0. The molecule has 0 heterocycles. The third kappa shape index (κ3) is 5.39. The van der Waals surface area contributed by atoms with E-state index in [1.54, 1.807) is 36.4 Å². The second-order valence-corrected chi connectivity index (χ2v) is 6.67. The Labute approximate surface area is 171 Å². The summed E-state index contributed by atoms with van der Waals surface area (Å²) in [5.74, 6) is 0.177. The Morgan fingerprint density at radius 2 is 1.75 bits per heavy atom. The Morgan fingerprint density at radius 1 is 1.07 bits per heavy atom. The minimum Gasteiger partial charge on any atom is -0.496 e. The molecule has 1 atom stereocenters. The van der Waals surface area contributed by atoms with E-state index >= 15 is 0 Å². The lowest BCUT2D eigenvalue weighted by Crippen LogP contribution is -2.30. The number of hydrogen-bond donors (Lipinski definition) is 2. The van der Waals surface area contributed by atoms with Crippen molar-refractivity contribution in [3.05, 3.63) is 52.0 Å². The van der Waals surface area contributed by atoms with Crippen LogP contribution in [-0.4, -0.2) is 37.8 Å². The van der Waals surface area contributed by atoms with Gasteiger partial charge in [0.05, 0.1) is 37.8 Å². The molecule has 0 fully saturated rings. The molecular weight excluding hydrogens is 430 g/mol. The first-order valence-electron chi connectivity index (χ1n) is 8.56. The van der Waals surface area contributed by atoms with Crippen LogP contribution in [0.1, 0.15) is 35.3 Å². The minimum absolute atomic E-state index is 0.278. The number of carboxylic acid groups (broad SMARTS) is 1. The van der Waals surface area contributed by atoms with Crippen LogP contribution in [0.3, 0.4) is 0 Å². The van der Waals surface area contributed by atoms with Gasteiger partial charge in [0.2, 0.25) is 0 Å². The summed E-state index contributed by atoms with van der Waals surface area (Å²) in [7, 11) is 3.03. The van der Waals surface area contributed by atoms with Gasteiger partial charge in [-0.3, -0.25) is 9.59 Å². The summed E-state index contributed by atoms with van der Waals surface area (Å²) in [6.45, 7) is 2.32. The van der Waals surface area contributed by atoms with Crippen LogP contribution in [0.25, 0.3) is 0 Å². The molecular formula is C20H22BrNO6. The highest BCUT2D eigenvalue weighted by Gasteiger charge is 2.21. The fourth-order valence-corrected chi connectivity index (χ4v) is 3.19. The van der Waals surface area contributed by atoms with Gasteiger partial charge in [-0.2, -0.15) is 0 Å². The Balaban J connectivity index is 2.30. The highest BCUT2D eigenvalue weighted by Crippen LogP contribution is 2.32. The van der Waals surface area contributed by atoms with Gasteiger partial charge in [-0.25, -0.2) is 0 Å². The number of carboxylic acids is 1. The van der Waals surface area contributed by atoms with Crippen molar-refractivity contribution in [2.24, 2.45) is 0 Å². The quantitative estimate of drug-likeness (QED) is 0.601. The molecule has 28 heavy (non-hydrogen) atoms. The lowest BCUT2D eigenvalue weighted by molar-refractivity contribution is -0.137. The maximum atomic E-state index is 12.7. The van der Waals surface area contributed by atoms with E-state index in [-0.39, 0.29) is 6.42 Å². The number of amides is 1. The van der Waals surface area contributed by atoms with Gasteiger partial charge < -0.3 is 24.6 Å². The van der Waals surface area contributed by atoms with E-state index in [9.17, 15) is 14.7 Å². The number of rotatable bonds is 9. The zero-order valence-electron chi connectivity index (χ0n) is 15.8. The molecule has 2 rings (SSSR count). The van der Waals surface area contributed by atoms with Crippen LogP contribution in [0.5, 0.6) is 17.2 Å². The minimum atomic E-state index is -1.03. The van der Waals surface area contributed by atoms with E-state index in [1.807, 2.05) is 6.92 Å². The van der Waals surface area contributed by atoms with Gasteiger partial charge in [0.15, 0.2) is 11.5 Å². The van der Waals surface area contributed by atoms with Crippen molar-refractivity contribution in [3.63, 3.8) is 0 Å². The summed E-state index contributed by atoms with van der Waals surface area (Å²) < 4.78 is 16.6. The van der Waals surface area contributed by atoms with Crippen LogP contribution in [0.15, 0.2) is 40.9 Å². The molecule has 1 amide bonds. The lowest BCUT2D eigenvalue weighted by Gasteiger charge is -2.19. The molecule has 0 radical (unpaired) electrons. The van der Waals surface area contributed by atoms with E-state index in [4.69, 9.17) is 14.2 Å². The summed E-state index contributed by atoms with van der Waals surface area (Å²) in [4.78, 5) is 24.0. The predicted molar refractivity (Wildman–Crippen MR) is 107 cm³/mol. The van der Waals surface area contributed by atoms with Crippen molar-refractivity contribution in [3.8, 4) is 17.2 Å². The molecule has 0 aliphatic heterocycles. The highest BCUT2D eigenvalue weighted by atomic mass is 79.9. The molecule has 0 bridgehead atoms. The number of nitrogens with one attached hydrogen (secondary N) is 1. The molecule has 150 valence electrons. The number of halogens is 1. The van der Waals surface area contributed by atoms with Gasteiger partial charge in [0.25, 0.3) is 5.91 Å². The van der Waals surface area contributed by atoms with Crippen molar-refractivity contribution in [2.45, 2.75) is 19.4 Å². The van der Waals surface area contributed by atoms with Crippen molar-refractivity contribution >= 4 is 27.8 Å². The average Bonchev–Trinajstić information content (AvgIpc) is 2.67. The second kappa shape index (κ2) is 9.98. The monoisotopic (exact) mass is 451 g/mol. The number of aliphatic carboxylic acids is 1. The molecule has 2 aromatic rings. The van der Waals surface area contributed by atoms with Gasteiger partial charge >= 0.3 is 5.97 Å². The average molecular weight is 452 g/mol. The van der Waals surface area contributed by atoms with Gasteiger partial charge in [-0.05, 0) is 58.7 Å². The Kier molecular flexibility index (Phi) is 7.69. The van der Waals surface area contributed by atoms with E-state index in [0.717, 1.165) is 0 Å². The molecule has 0 saturated heterocycles. The van der Waals surface area contributed by atoms with Crippen molar-refractivity contribution in [1.82, 2.24) is 5.32 Å². The molecule has 0 spiro atoms. The van der Waals surface area contributed by atoms with Crippen LogP contribution < -0.4 is 19.5 Å². The Morgan fingerprint density at radius 3 is 2.32 bits per heavy atom. The smallest absolute Gasteiger partial charge is 0.305 e. The zero-order valence-corrected chi connectivity index (χ0v) is 17.4. The lowest BCUT2D eigenvalue weighted by atomic mass is 10.0. The van der Waals surface area contributed by atoms with Crippen molar-refractivity contribution in [1.29, 1.82) is 0 Å². The zero-order chi connectivity index (χ0) is 20.7. The molecule has 2 N–H and O–H groups in total. The molecule has 0 aromatic heterocycles. The number of carbonyl (C=O) groups excluding carboxylic acids is 1. The summed E-state index contributed by atoms with van der Waals surface area (Å²) in [6.07, 6.45) is -0.278. The topological polar surface area (TPSA) is 94.1 Å². The molecule has 0 aliphatic carbocycles. The molecule has 0 saturated carbocycles. The van der Waals surface area contributed by atoms with Crippen LogP contribution in [-0.2, 0) is 4.79 Å². The number of methoxy groups -OCH3 is 2. The summed E-state index contributed by atoms with van der Waals surface area (Å²) >= 11 is 3.34. The Hall–Kier alpha value is -2.74. The molecule has 7 nitrogen and oxygen atoms in total. The largest absolute Gasteiger partial charge is 0.496 e. The maximum Gasteiger partial charge on any atom is 0.305 e. The first kappa shape index (κ1) is 21.6. The first-order valence-corrected chi connectivity index (χ1v) is 9.35. The molecule has 0 aliphatic rings. The van der Waals surface area contributed by atoms with Gasteiger partial charge in [-0.15, -0.1) is 0 Å². The van der Waals surface area contributed by atoms with E-state index < -0.39 is 17.9 Å². The summed E-state index contributed by atoms with van der Waals surface area (Å²) in [5.41, 5.74) is 0.976. The van der Waals surface area contributed by atoms with Crippen molar-refractivity contribution in [2.75, 3.05) is 20.8 Å². The van der Waals surface area contributed by atoms with Crippen LogP contribution >= 0.6 is 15.9 Å². The van der Waals surface area contributed by atoms with Crippen LogP contribution in [0, 0.1) is 0 Å². The number of ether oxygens (including phenoxy) is 3. The molecule has 2 aromatic carbocycles. The standard InChI is InChI=1S/C20H22BrNO6/c1-4-28-17-8-5-12(10-18(17)27-3)15(11-19(23)24)22-20(25)13-6-7-16(26-2)14(21)9-13/h5-10,15H,4,11H2,1-3H3,(H,22,25)(H,23,24)/t15-/m0/s1. The number of hydrogen-bond acceptors (Lipinski definition) is 5. The normalized spacial score (nSPS) is 11.4. The fourth-order valence-electron chi connectivity index (χ4n) is 2.65. The first-order chi connectivity index (χ1) is 13.4. The highest BCUT2D eigenvalue weighted by molar-refractivity contribution is 9.10. The van der Waals surface area contributed by atoms with E-state index in [2.05, 4.69) is 21.2 Å². The summed E-state index contributed by atoms with van der Waals surface area (Å²) in [6, 6.07) is 9.22. The van der Waals surface area contributed by atoms with Crippen molar-refractivity contribution < 1.29 is 28.9 Å². The maximum absolute atomic E-state index is 12.7. The van der Waals surface area contributed by atoms with Crippen LogP contribution in [0.4, 0.5) is 0 Å². The fraction of sp³-hybridized carbons (Fsp3) is 0.300. The number of benzene rings is 2. The van der Waals surface area contributed by atoms with Crippen LogP contribution in [0.2, 0.25) is 0 Å². The number of carbonyl (C=O) groups is 2. The SMILES string of the molecule is CCOc1ccc([C@H](CC(=O)O)NC(=O)c2ccc(OC)c(Br)c2)cc1OC. The third-order valence-electron chi connectivity index (χ3n) is 3.99. The molecule has 8 heteroatoms. The molecule has 0 unspecified atom stereocenters. The van der Waals surface area contributed by atoms with Gasteiger partial charge in [0, 0.05) is 5.56 Å². The van der Waals surface area contributed by atoms with Gasteiger partial charge in [-0.1, -0.05) is 6.07 Å². The van der Waals surface area contributed by atoms with E-state index in [1.165, 1.54) is 14.2 Å². The van der Waals surface area contributed by atoms with Gasteiger partial charge in [0.1, 0.15) is 5.75 Å². The Bertz CT molecular complexity index is 855. The third-order valence-corrected chi connectivity index (χ3v) is 4.61. The second-order valence-electron chi connectivity index (χ2n) is 5.82. The predicted octanol–water partition coefficient (Wildman–Crippen LogP) is 3.81. The van der Waals surface area contributed by atoms with E-state index in [0.29, 0.717) is 39.5 Å².